The average Bonchev–Trinajstić information content (AvgIpc) is 3.03. The van der Waals surface area contributed by atoms with Gasteiger partial charge in [-0.15, -0.1) is 0 Å². The number of benzene rings is 1. The molecule has 0 bridgehead atoms. The summed E-state index contributed by atoms with van der Waals surface area (Å²) in [5, 5.41) is 15.9. The van der Waals surface area contributed by atoms with Gasteiger partial charge in [0.1, 0.15) is 4.92 Å². The number of hydrogen-bond donors (Lipinski definition) is 2. The quantitative estimate of drug-likeness (QED) is 0.624. The normalized spacial score (nSPS) is 10.5. The Morgan fingerprint density at radius 3 is 2.50 bits per heavy atom. The molecule has 0 spiro atoms. The fourth-order valence-corrected chi connectivity index (χ4v) is 1.91. The fraction of sp³-hybridized carbons (Fsp3) is 0.250. The maximum absolute atomic E-state index is 12.2. The SMILES string of the molecule is CC(C)CNC(=O)c1ccccc1NC(=O)c1ccc([N+](=O)[O-])o1. The molecule has 0 atom stereocenters. The van der Waals surface area contributed by atoms with Crippen molar-refractivity contribution in [3.8, 4) is 0 Å². The molecule has 0 radical (unpaired) electrons. The van der Waals surface area contributed by atoms with E-state index in [4.69, 9.17) is 4.42 Å². The first kappa shape index (κ1) is 17.2. The van der Waals surface area contributed by atoms with E-state index in [1.54, 1.807) is 24.3 Å². The van der Waals surface area contributed by atoms with E-state index < -0.39 is 16.7 Å². The van der Waals surface area contributed by atoms with E-state index >= 15 is 0 Å². The van der Waals surface area contributed by atoms with Crippen molar-refractivity contribution in [1.82, 2.24) is 5.32 Å². The number of furan rings is 1. The summed E-state index contributed by atoms with van der Waals surface area (Å²) in [6.45, 7) is 4.45. The molecule has 0 aliphatic heterocycles. The van der Waals surface area contributed by atoms with E-state index in [1.165, 1.54) is 6.07 Å². The van der Waals surface area contributed by atoms with Crippen LogP contribution < -0.4 is 10.6 Å². The zero-order chi connectivity index (χ0) is 17.7. The number of rotatable bonds is 6. The Morgan fingerprint density at radius 2 is 1.88 bits per heavy atom. The third-order valence-corrected chi connectivity index (χ3v) is 3.09. The van der Waals surface area contributed by atoms with Crippen molar-refractivity contribution in [1.29, 1.82) is 0 Å². The molecular weight excluding hydrogens is 314 g/mol. The Morgan fingerprint density at radius 1 is 1.17 bits per heavy atom. The Balaban J connectivity index is 2.15. The first-order chi connectivity index (χ1) is 11.4. The van der Waals surface area contributed by atoms with Gasteiger partial charge in [0.15, 0.2) is 5.76 Å². The molecule has 2 N–H and O–H groups in total. The molecule has 1 aromatic carbocycles. The van der Waals surface area contributed by atoms with Gasteiger partial charge in [0.05, 0.1) is 17.3 Å². The van der Waals surface area contributed by atoms with Crippen LogP contribution in [0.15, 0.2) is 40.8 Å². The van der Waals surface area contributed by atoms with Crippen LogP contribution >= 0.6 is 0 Å². The van der Waals surface area contributed by atoms with Gasteiger partial charge in [-0.25, -0.2) is 0 Å². The van der Waals surface area contributed by atoms with Crippen LogP contribution in [-0.2, 0) is 0 Å². The fourth-order valence-electron chi connectivity index (χ4n) is 1.91. The largest absolute Gasteiger partial charge is 0.433 e. The predicted octanol–water partition coefficient (Wildman–Crippen LogP) is 2.83. The Bertz CT molecular complexity index is 767. The topological polar surface area (TPSA) is 114 Å². The van der Waals surface area contributed by atoms with Gasteiger partial charge in [-0.05, 0) is 24.1 Å². The molecule has 8 nitrogen and oxygen atoms in total. The van der Waals surface area contributed by atoms with E-state index in [0.29, 0.717) is 23.7 Å². The highest BCUT2D eigenvalue weighted by molar-refractivity contribution is 6.07. The Labute approximate surface area is 138 Å². The molecule has 2 amide bonds. The number of carbonyl (C=O) groups excluding carboxylic acids is 2. The minimum atomic E-state index is -0.732. The molecule has 24 heavy (non-hydrogen) atoms. The highest BCUT2D eigenvalue weighted by Crippen LogP contribution is 2.19. The summed E-state index contributed by atoms with van der Waals surface area (Å²) >= 11 is 0. The molecule has 2 aromatic rings. The van der Waals surface area contributed by atoms with Gasteiger partial charge in [0.25, 0.3) is 11.8 Å². The molecule has 0 aliphatic carbocycles. The van der Waals surface area contributed by atoms with E-state index in [-0.39, 0.29) is 11.7 Å². The summed E-state index contributed by atoms with van der Waals surface area (Å²) < 4.78 is 4.85. The Hall–Kier alpha value is -3.16. The summed E-state index contributed by atoms with van der Waals surface area (Å²) in [5.41, 5.74) is 0.593. The molecule has 1 heterocycles. The van der Waals surface area contributed by atoms with Gasteiger partial charge in [-0.2, -0.15) is 0 Å². The molecule has 0 fully saturated rings. The van der Waals surface area contributed by atoms with Crippen LogP contribution in [-0.4, -0.2) is 23.3 Å². The summed E-state index contributed by atoms with van der Waals surface area (Å²) in [6.07, 6.45) is 0. The highest BCUT2D eigenvalue weighted by atomic mass is 16.6. The van der Waals surface area contributed by atoms with E-state index in [1.807, 2.05) is 13.8 Å². The van der Waals surface area contributed by atoms with Crippen LogP contribution in [0.2, 0.25) is 0 Å². The standard InChI is InChI=1S/C16H17N3O5/c1-10(2)9-17-15(20)11-5-3-4-6-12(11)18-16(21)13-7-8-14(24-13)19(22)23/h3-8,10H,9H2,1-2H3,(H,17,20)(H,18,21). The van der Waals surface area contributed by atoms with Gasteiger partial charge in [-0.1, -0.05) is 26.0 Å². The monoisotopic (exact) mass is 331 g/mol. The van der Waals surface area contributed by atoms with Crippen molar-refractivity contribution < 1.29 is 18.9 Å². The second-order valence-corrected chi connectivity index (χ2v) is 5.50. The van der Waals surface area contributed by atoms with Crippen LogP contribution in [0.3, 0.4) is 0 Å². The average molecular weight is 331 g/mol. The van der Waals surface area contributed by atoms with Crippen molar-refractivity contribution in [2.75, 3.05) is 11.9 Å². The van der Waals surface area contributed by atoms with Gasteiger partial charge in [0.2, 0.25) is 0 Å². The van der Waals surface area contributed by atoms with Gasteiger partial charge in [0, 0.05) is 6.54 Å². The number of carbonyl (C=O) groups is 2. The number of hydrogen-bond acceptors (Lipinski definition) is 5. The van der Waals surface area contributed by atoms with Gasteiger partial charge in [-0.3, -0.25) is 19.7 Å². The molecule has 0 aliphatic rings. The smallest absolute Gasteiger partial charge is 0.395 e. The molecule has 0 saturated carbocycles. The van der Waals surface area contributed by atoms with Crippen LogP contribution in [0.5, 0.6) is 0 Å². The third kappa shape index (κ3) is 4.19. The van der Waals surface area contributed by atoms with Crippen molar-refractivity contribution in [2.24, 2.45) is 5.92 Å². The molecule has 0 unspecified atom stereocenters. The summed E-state index contributed by atoms with van der Waals surface area (Å²) in [4.78, 5) is 34.2. The summed E-state index contributed by atoms with van der Waals surface area (Å²) in [5.74, 6) is -1.43. The number of nitro groups is 1. The summed E-state index contributed by atoms with van der Waals surface area (Å²) in [6, 6.07) is 8.79. The van der Waals surface area contributed by atoms with Gasteiger partial charge >= 0.3 is 5.88 Å². The number of anilines is 1. The number of nitrogens with one attached hydrogen (secondary N) is 2. The second kappa shape index (κ2) is 7.40. The molecule has 8 heteroatoms. The lowest BCUT2D eigenvalue weighted by atomic mass is 10.1. The van der Waals surface area contributed by atoms with E-state index in [9.17, 15) is 19.7 Å². The predicted molar refractivity (Wildman–Crippen MR) is 86.9 cm³/mol. The molecule has 1 aromatic heterocycles. The maximum Gasteiger partial charge on any atom is 0.433 e. The van der Waals surface area contributed by atoms with Crippen LogP contribution in [0, 0.1) is 16.0 Å². The number of amides is 2. The van der Waals surface area contributed by atoms with Gasteiger partial charge < -0.3 is 15.1 Å². The lowest BCUT2D eigenvalue weighted by Gasteiger charge is -2.11. The first-order valence-corrected chi connectivity index (χ1v) is 7.31. The third-order valence-electron chi connectivity index (χ3n) is 3.09. The first-order valence-electron chi connectivity index (χ1n) is 7.31. The molecule has 2 rings (SSSR count). The lowest BCUT2D eigenvalue weighted by Crippen LogP contribution is -2.28. The molecule has 0 saturated heterocycles. The zero-order valence-corrected chi connectivity index (χ0v) is 13.2. The molecular formula is C16H17N3O5. The van der Waals surface area contributed by atoms with Crippen molar-refractivity contribution in [2.45, 2.75) is 13.8 Å². The minimum absolute atomic E-state index is 0.209. The number of nitrogens with zero attached hydrogens (tertiary/aromatic N) is 1. The minimum Gasteiger partial charge on any atom is -0.395 e. The van der Waals surface area contributed by atoms with Crippen LogP contribution in [0.25, 0.3) is 0 Å². The van der Waals surface area contributed by atoms with Crippen molar-refractivity contribution >= 4 is 23.4 Å². The number of para-hydroxylation sites is 1. The second-order valence-electron chi connectivity index (χ2n) is 5.50. The van der Waals surface area contributed by atoms with E-state index in [2.05, 4.69) is 10.6 Å². The van der Waals surface area contributed by atoms with Crippen LogP contribution in [0.1, 0.15) is 34.8 Å². The zero-order valence-electron chi connectivity index (χ0n) is 13.2. The van der Waals surface area contributed by atoms with Crippen molar-refractivity contribution in [3.63, 3.8) is 0 Å². The molecule has 126 valence electrons. The van der Waals surface area contributed by atoms with E-state index in [0.717, 1.165) is 6.07 Å². The maximum atomic E-state index is 12.2. The van der Waals surface area contributed by atoms with Crippen LogP contribution in [0.4, 0.5) is 11.6 Å². The lowest BCUT2D eigenvalue weighted by molar-refractivity contribution is -0.402. The summed E-state index contributed by atoms with van der Waals surface area (Å²) in [7, 11) is 0. The Kier molecular flexibility index (Phi) is 5.31. The highest BCUT2D eigenvalue weighted by Gasteiger charge is 2.19. The van der Waals surface area contributed by atoms with Crippen molar-refractivity contribution in [3.05, 3.63) is 57.8 Å².